The molecule has 0 radical (unpaired) electrons. The summed E-state index contributed by atoms with van der Waals surface area (Å²) in [6.07, 6.45) is 0. The molecule has 3 saturated heterocycles. The second-order valence-corrected chi connectivity index (χ2v) is 125. The zero-order valence-electron chi connectivity index (χ0n) is 41.8. The maximum absolute atomic E-state index is 3.26. The van der Waals surface area contributed by atoms with Gasteiger partial charge in [-0.2, -0.15) is 0 Å². The first-order valence-corrected chi connectivity index (χ1v) is 65.4. The topological polar surface area (TPSA) is 0 Å². The van der Waals surface area contributed by atoms with Crippen LogP contribution in [0.4, 0.5) is 0 Å². The fraction of sp³-hybridized carbons (Fsp3) is 1.00. The summed E-state index contributed by atoms with van der Waals surface area (Å²) in [5.74, 6) is 0. The van der Waals surface area contributed by atoms with Crippen LogP contribution < -0.4 is 0 Å². The van der Waals surface area contributed by atoms with Gasteiger partial charge in [-0.1, -0.05) is 0 Å². The van der Waals surface area contributed by atoms with E-state index in [2.05, 4.69) is 229 Å². The van der Waals surface area contributed by atoms with Crippen LogP contribution in [0.5, 0.6) is 0 Å². The van der Waals surface area contributed by atoms with Crippen molar-refractivity contribution in [2.75, 3.05) is 0 Å². The molecule has 308 valence electrons. The van der Waals surface area contributed by atoms with Gasteiger partial charge < -0.3 is 0 Å². The normalized spacial score (nSPS) is 28.6. The van der Waals surface area contributed by atoms with E-state index in [9.17, 15) is 0 Å². The molecule has 0 aromatic rings. The first-order chi connectivity index (χ1) is 21.9. The van der Waals surface area contributed by atoms with Crippen molar-refractivity contribution in [1.82, 2.24) is 0 Å². The average Bonchev–Trinajstić information content (AvgIpc) is 2.90. The molecule has 12 heteroatoms. The molecule has 0 bridgehead atoms. The maximum atomic E-state index is 3.26. The quantitative estimate of drug-likeness (QED) is 0.222. The van der Waals surface area contributed by atoms with Gasteiger partial charge in [0, 0.05) is 0 Å². The molecular weight excluding hydrogens is 914 g/mol. The van der Waals surface area contributed by atoms with Crippen LogP contribution in [-0.2, 0) is 0 Å². The summed E-state index contributed by atoms with van der Waals surface area (Å²) >= 11 is 0. The monoisotopic (exact) mass is 1010 g/mol. The van der Waals surface area contributed by atoms with E-state index in [-0.39, 0.29) is 0 Å². The van der Waals surface area contributed by atoms with Gasteiger partial charge in [-0.15, -0.1) is 0 Å². The van der Waals surface area contributed by atoms with E-state index in [1.54, 1.807) is 0 Å². The third-order valence-corrected chi connectivity index (χ3v) is 227. The van der Waals surface area contributed by atoms with E-state index in [1.807, 2.05) is 0 Å². The molecule has 3 aliphatic heterocycles. The van der Waals surface area contributed by atoms with Crippen molar-refractivity contribution >= 4 is 103 Å². The summed E-state index contributed by atoms with van der Waals surface area (Å²) in [7, 11) is -14.0. The van der Waals surface area contributed by atoms with Gasteiger partial charge in [-0.05, 0) is 0 Å². The Morgan fingerprint density at radius 3 is 0.404 bits per heavy atom. The van der Waals surface area contributed by atoms with Gasteiger partial charge in [0.05, 0.1) is 0 Å². The zero-order valence-corrected chi connectivity index (χ0v) is 55.6. The third-order valence-electron chi connectivity index (χ3n) is 18.4. The van der Waals surface area contributed by atoms with Crippen molar-refractivity contribution in [1.29, 1.82) is 0 Å². The molecular formula is C40H96Ge2S2Si8. The van der Waals surface area contributed by atoms with Crippen molar-refractivity contribution in [3.8, 4) is 0 Å². The fourth-order valence-electron chi connectivity index (χ4n) is 21.1. The van der Waals surface area contributed by atoms with E-state index in [0.717, 1.165) is 0 Å². The Labute approximate surface area is 348 Å². The van der Waals surface area contributed by atoms with Gasteiger partial charge in [-0.3, -0.25) is 0 Å². The van der Waals surface area contributed by atoms with Crippen LogP contribution in [0, 0.1) is 21.7 Å². The summed E-state index contributed by atoms with van der Waals surface area (Å²) in [6.45, 7) is 94.5. The summed E-state index contributed by atoms with van der Waals surface area (Å²) in [5, 5.41) is 0. The molecule has 3 aliphatic rings. The molecule has 3 heterocycles. The Balaban J connectivity index is 3.07. The van der Waals surface area contributed by atoms with Gasteiger partial charge in [0.25, 0.3) is 0 Å². The van der Waals surface area contributed by atoms with Gasteiger partial charge in [-0.25, -0.2) is 0 Å². The summed E-state index contributed by atoms with van der Waals surface area (Å²) in [4.78, 5) is 0. The molecule has 0 aromatic carbocycles. The molecule has 0 unspecified atom stereocenters. The summed E-state index contributed by atoms with van der Waals surface area (Å²) < 4.78 is 2.31. The number of rotatable bonds is 8. The first kappa shape index (κ1) is 49.9. The zero-order chi connectivity index (χ0) is 42.4. The van der Waals surface area contributed by atoms with Crippen LogP contribution in [-0.4, -0.2) is 86.6 Å². The Morgan fingerprint density at radius 1 is 0.231 bits per heavy atom. The minimum atomic E-state index is -3.15. The molecule has 0 aromatic heterocycles. The van der Waals surface area contributed by atoms with Gasteiger partial charge in [0.15, 0.2) is 0 Å². The molecule has 3 rings (SSSR count). The van der Waals surface area contributed by atoms with Crippen molar-refractivity contribution < 1.29 is 0 Å². The van der Waals surface area contributed by atoms with Crippen molar-refractivity contribution in [3.63, 3.8) is 0 Å². The Morgan fingerprint density at radius 2 is 0.327 bits per heavy atom. The van der Waals surface area contributed by atoms with E-state index in [1.165, 1.54) is 0 Å². The van der Waals surface area contributed by atoms with E-state index < -0.39 is 86.6 Å². The molecule has 0 atom stereocenters. The van der Waals surface area contributed by atoms with Crippen LogP contribution in [0.1, 0.15) is 55.4 Å². The Kier molecular flexibility index (Phi) is 11.6. The van der Waals surface area contributed by atoms with Crippen LogP contribution >= 0.6 is 16.8 Å². The SMILES string of the molecule is CC1(C)C(C)(C)[C]([Si](C)(C)C)([Si](C)(C)C)[Ge]2([S][Ge]3([S]2)[C]([Si](C)(C)C)([Si](C)(C)C)C(C)(C)C(C)(C)[C]3([Si](C)(C)C)[Si](C)(C)C)[C]1([Si](C)(C)C)[Si](C)(C)C. The molecule has 52 heavy (non-hydrogen) atoms. The molecule has 0 aliphatic carbocycles. The molecule has 3 fully saturated rings. The Hall–Kier alpha value is 3.52. The van der Waals surface area contributed by atoms with Crippen LogP contribution in [0.2, 0.25) is 171 Å². The van der Waals surface area contributed by atoms with Crippen LogP contribution in [0.3, 0.4) is 0 Å². The number of hydrogen-bond donors (Lipinski definition) is 0. The molecule has 0 amide bonds. The van der Waals surface area contributed by atoms with Crippen LogP contribution in [0.25, 0.3) is 0 Å². The second-order valence-electron chi connectivity index (χ2n) is 28.9. The van der Waals surface area contributed by atoms with Gasteiger partial charge in [0.1, 0.15) is 0 Å². The average molecular weight is 1010 g/mol. The van der Waals surface area contributed by atoms with Crippen molar-refractivity contribution in [2.24, 2.45) is 21.7 Å². The summed E-state index contributed by atoms with van der Waals surface area (Å²) in [5.41, 5.74) is 1.35. The van der Waals surface area contributed by atoms with Crippen molar-refractivity contribution in [3.05, 3.63) is 0 Å². The predicted molar refractivity (Wildman–Crippen MR) is 279 cm³/mol. The number of hydrogen-bond acceptors (Lipinski definition) is 2. The first-order valence-electron chi connectivity index (χ1n) is 21.3. The van der Waals surface area contributed by atoms with Crippen LogP contribution in [0.15, 0.2) is 0 Å². The van der Waals surface area contributed by atoms with Gasteiger partial charge >= 0.3 is 352 Å². The molecule has 0 nitrogen and oxygen atoms in total. The molecule has 0 saturated carbocycles. The summed E-state index contributed by atoms with van der Waals surface area (Å²) in [6, 6.07) is 0. The minimum absolute atomic E-state index is 0.338. The van der Waals surface area contributed by atoms with E-state index in [0.29, 0.717) is 35.6 Å². The van der Waals surface area contributed by atoms with Gasteiger partial charge in [0.2, 0.25) is 0 Å². The standard InChI is InChI=1S/C40H96Ge2S2Si8/c1-33(2)34(3,4)38(47(15,16)17,48(18,19)20)41(37(33,45(9,10)11)46(12,13)14)43-42(44-41)39(49(21,22)23,50(24,25)26)35(5,6)36(7,8)40(42,51(27,28)29)52(30,31)32/h1-32H3. The third kappa shape index (κ3) is 4.68. The fourth-order valence-corrected chi connectivity index (χ4v) is 426. The van der Waals surface area contributed by atoms with E-state index in [4.69, 9.17) is 0 Å². The van der Waals surface area contributed by atoms with Crippen molar-refractivity contribution in [2.45, 2.75) is 226 Å². The second kappa shape index (κ2) is 12.1. The Bertz CT molecular complexity index is 1170. The van der Waals surface area contributed by atoms with E-state index >= 15 is 0 Å². The predicted octanol–water partition coefficient (Wildman–Crippen LogP) is 16.5. The molecule has 0 N–H and O–H groups in total. The molecule has 2 spiro atoms.